The third-order valence-corrected chi connectivity index (χ3v) is 2.53. The third kappa shape index (κ3) is 3.58. The van der Waals surface area contributed by atoms with Crippen LogP contribution in [0.25, 0.3) is 0 Å². The molecule has 0 aromatic carbocycles. The molecule has 1 aromatic rings. The van der Waals surface area contributed by atoms with Gasteiger partial charge in [0.25, 0.3) is 0 Å². The zero-order valence-electron chi connectivity index (χ0n) is 11.3. The Bertz CT molecular complexity index is 409. The first-order chi connectivity index (χ1) is 8.60. The molecule has 6 nitrogen and oxygen atoms in total. The van der Waals surface area contributed by atoms with E-state index in [1.54, 1.807) is 6.92 Å². The Hall–Kier alpha value is -1.85. The maximum Gasteiger partial charge on any atom is 0.328 e. The number of anilines is 2. The maximum absolute atomic E-state index is 11.3. The predicted octanol–water partition coefficient (Wildman–Crippen LogP) is 1.58. The normalized spacial score (nSPS) is 11.8. The highest BCUT2D eigenvalue weighted by molar-refractivity contribution is 5.78. The summed E-state index contributed by atoms with van der Waals surface area (Å²) in [7, 11) is 1.36. The smallest absolute Gasteiger partial charge is 0.328 e. The van der Waals surface area contributed by atoms with Crippen molar-refractivity contribution in [1.29, 1.82) is 0 Å². The second-order valence-corrected chi connectivity index (χ2v) is 4.01. The van der Waals surface area contributed by atoms with E-state index in [0.717, 1.165) is 24.3 Å². The van der Waals surface area contributed by atoms with Crippen LogP contribution in [0.4, 0.5) is 11.6 Å². The number of hydrogen-bond donors (Lipinski definition) is 2. The van der Waals surface area contributed by atoms with Crippen LogP contribution in [0.3, 0.4) is 0 Å². The summed E-state index contributed by atoms with van der Waals surface area (Å²) in [5.41, 5.74) is 0.890. The van der Waals surface area contributed by atoms with Gasteiger partial charge < -0.3 is 15.4 Å². The van der Waals surface area contributed by atoms with E-state index in [4.69, 9.17) is 0 Å². The van der Waals surface area contributed by atoms with E-state index in [1.807, 2.05) is 6.92 Å². The Labute approximate surface area is 107 Å². The Morgan fingerprint density at radius 3 is 2.72 bits per heavy atom. The SMILES string of the molecule is CCCNc1ncnc(NC(C)C(=O)OC)c1C. The van der Waals surface area contributed by atoms with Crippen molar-refractivity contribution < 1.29 is 9.53 Å². The molecule has 0 fully saturated rings. The van der Waals surface area contributed by atoms with Crippen molar-refractivity contribution in [2.24, 2.45) is 0 Å². The highest BCUT2D eigenvalue weighted by atomic mass is 16.5. The molecule has 0 spiro atoms. The molecule has 0 aliphatic rings. The van der Waals surface area contributed by atoms with Crippen LogP contribution in [0.2, 0.25) is 0 Å². The van der Waals surface area contributed by atoms with Gasteiger partial charge in [0.2, 0.25) is 0 Å². The van der Waals surface area contributed by atoms with E-state index in [1.165, 1.54) is 13.4 Å². The summed E-state index contributed by atoms with van der Waals surface area (Å²) in [4.78, 5) is 19.6. The van der Waals surface area contributed by atoms with Gasteiger partial charge in [0.15, 0.2) is 0 Å². The van der Waals surface area contributed by atoms with E-state index < -0.39 is 6.04 Å². The maximum atomic E-state index is 11.3. The molecule has 1 heterocycles. The molecule has 1 aromatic heterocycles. The van der Waals surface area contributed by atoms with E-state index in [9.17, 15) is 4.79 Å². The Balaban J connectivity index is 2.80. The van der Waals surface area contributed by atoms with Gasteiger partial charge in [-0.05, 0) is 20.3 Å². The molecular formula is C12H20N4O2. The van der Waals surface area contributed by atoms with Crippen LogP contribution < -0.4 is 10.6 Å². The Morgan fingerprint density at radius 2 is 2.11 bits per heavy atom. The minimum atomic E-state index is -0.442. The molecule has 1 unspecified atom stereocenters. The van der Waals surface area contributed by atoms with Crippen molar-refractivity contribution in [3.63, 3.8) is 0 Å². The molecule has 0 saturated carbocycles. The first-order valence-corrected chi connectivity index (χ1v) is 6.00. The summed E-state index contributed by atoms with van der Waals surface area (Å²) in [5.74, 6) is 1.10. The van der Waals surface area contributed by atoms with Crippen LogP contribution in [0, 0.1) is 6.92 Å². The summed E-state index contributed by atoms with van der Waals surface area (Å²) in [6, 6.07) is -0.442. The van der Waals surface area contributed by atoms with Crippen LogP contribution in [0.15, 0.2) is 6.33 Å². The van der Waals surface area contributed by atoms with Crippen molar-refractivity contribution >= 4 is 17.6 Å². The van der Waals surface area contributed by atoms with Crippen molar-refractivity contribution in [3.8, 4) is 0 Å². The number of carbonyl (C=O) groups is 1. The molecule has 0 aliphatic carbocycles. The summed E-state index contributed by atoms with van der Waals surface area (Å²) < 4.78 is 4.66. The van der Waals surface area contributed by atoms with Gasteiger partial charge in [-0.2, -0.15) is 0 Å². The molecule has 18 heavy (non-hydrogen) atoms. The zero-order valence-corrected chi connectivity index (χ0v) is 11.3. The van der Waals surface area contributed by atoms with E-state index in [2.05, 4.69) is 32.3 Å². The van der Waals surface area contributed by atoms with Crippen molar-refractivity contribution in [2.45, 2.75) is 33.2 Å². The minimum Gasteiger partial charge on any atom is -0.467 e. The van der Waals surface area contributed by atoms with Crippen LogP contribution in [-0.4, -0.2) is 35.6 Å². The quantitative estimate of drug-likeness (QED) is 0.749. The van der Waals surface area contributed by atoms with Crippen molar-refractivity contribution in [1.82, 2.24) is 9.97 Å². The number of nitrogens with one attached hydrogen (secondary N) is 2. The molecule has 0 radical (unpaired) electrons. The van der Waals surface area contributed by atoms with Gasteiger partial charge in [-0.15, -0.1) is 0 Å². The molecule has 0 bridgehead atoms. The lowest BCUT2D eigenvalue weighted by Gasteiger charge is -2.15. The van der Waals surface area contributed by atoms with Gasteiger partial charge in [0.05, 0.1) is 7.11 Å². The molecular weight excluding hydrogens is 232 g/mol. The standard InChI is InChI=1S/C12H20N4O2/c1-5-6-13-10-8(2)11(15-7-14-10)16-9(3)12(17)18-4/h7,9H,5-6H2,1-4H3,(H2,13,14,15,16). The molecule has 2 N–H and O–H groups in total. The third-order valence-electron chi connectivity index (χ3n) is 2.53. The van der Waals surface area contributed by atoms with Crippen LogP contribution in [-0.2, 0) is 9.53 Å². The van der Waals surface area contributed by atoms with Crippen LogP contribution >= 0.6 is 0 Å². The second-order valence-electron chi connectivity index (χ2n) is 4.01. The number of carbonyl (C=O) groups excluding carboxylic acids is 1. The largest absolute Gasteiger partial charge is 0.467 e. The molecule has 0 amide bonds. The van der Waals surface area contributed by atoms with Gasteiger partial charge >= 0.3 is 5.97 Å². The number of methoxy groups -OCH3 is 1. The first-order valence-electron chi connectivity index (χ1n) is 6.00. The molecule has 0 saturated heterocycles. The average molecular weight is 252 g/mol. The highest BCUT2D eigenvalue weighted by Gasteiger charge is 2.15. The first kappa shape index (κ1) is 14.2. The average Bonchev–Trinajstić information content (AvgIpc) is 2.38. The van der Waals surface area contributed by atoms with Gasteiger partial charge in [-0.3, -0.25) is 0 Å². The fourth-order valence-corrected chi connectivity index (χ4v) is 1.46. The fourth-order valence-electron chi connectivity index (χ4n) is 1.46. The topological polar surface area (TPSA) is 76.1 Å². The molecule has 0 aliphatic heterocycles. The zero-order chi connectivity index (χ0) is 13.5. The number of hydrogen-bond acceptors (Lipinski definition) is 6. The molecule has 6 heteroatoms. The van der Waals surface area contributed by atoms with Gasteiger partial charge in [-0.25, -0.2) is 14.8 Å². The molecule has 1 rings (SSSR count). The minimum absolute atomic E-state index is 0.323. The predicted molar refractivity (Wildman–Crippen MR) is 70.7 cm³/mol. The van der Waals surface area contributed by atoms with E-state index in [0.29, 0.717) is 5.82 Å². The Morgan fingerprint density at radius 1 is 1.44 bits per heavy atom. The van der Waals surface area contributed by atoms with Crippen LogP contribution in [0.5, 0.6) is 0 Å². The molecule has 1 atom stereocenters. The van der Waals surface area contributed by atoms with Crippen molar-refractivity contribution in [2.75, 3.05) is 24.3 Å². The number of nitrogens with zero attached hydrogens (tertiary/aromatic N) is 2. The number of ether oxygens (including phenoxy) is 1. The summed E-state index contributed by atoms with van der Waals surface area (Å²) in [5, 5.41) is 6.22. The van der Waals surface area contributed by atoms with Gasteiger partial charge in [-0.1, -0.05) is 6.92 Å². The fraction of sp³-hybridized carbons (Fsp3) is 0.583. The number of aromatic nitrogens is 2. The van der Waals surface area contributed by atoms with Crippen molar-refractivity contribution in [3.05, 3.63) is 11.9 Å². The lowest BCUT2D eigenvalue weighted by atomic mass is 10.2. The lowest BCUT2D eigenvalue weighted by Crippen LogP contribution is -2.28. The summed E-state index contributed by atoms with van der Waals surface area (Å²) in [6.07, 6.45) is 2.49. The number of rotatable bonds is 6. The molecule has 100 valence electrons. The monoisotopic (exact) mass is 252 g/mol. The second kappa shape index (κ2) is 6.78. The van der Waals surface area contributed by atoms with E-state index >= 15 is 0 Å². The van der Waals surface area contributed by atoms with E-state index in [-0.39, 0.29) is 5.97 Å². The van der Waals surface area contributed by atoms with Crippen LogP contribution in [0.1, 0.15) is 25.8 Å². The Kier molecular flexibility index (Phi) is 5.35. The summed E-state index contributed by atoms with van der Waals surface area (Å²) >= 11 is 0. The van der Waals surface area contributed by atoms with Gasteiger partial charge in [0, 0.05) is 12.1 Å². The lowest BCUT2D eigenvalue weighted by molar-refractivity contribution is -0.141. The highest BCUT2D eigenvalue weighted by Crippen LogP contribution is 2.18. The van der Waals surface area contributed by atoms with Gasteiger partial charge in [0.1, 0.15) is 24.0 Å². The number of esters is 1. The summed E-state index contributed by atoms with van der Waals surface area (Å²) in [6.45, 7) is 6.57.